The fraction of sp³-hybridized carbons (Fsp3) is 0.286. The van der Waals surface area contributed by atoms with Crippen LogP contribution in [0.15, 0.2) is 66.3 Å². The van der Waals surface area contributed by atoms with E-state index >= 15 is 0 Å². The van der Waals surface area contributed by atoms with Crippen LogP contribution in [0, 0.1) is 13.8 Å². The number of rotatable bonds is 8. The van der Waals surface area contributed by atoms with Crippen LogP contribution in [-0.4, -0.2) is 37.0 Å². The summed E-state index contributed by atoms with van der Waals surface area (Å²) in [7, 11) is 0. The minimum Gasteiger partial charge on any atom is -0.352 e. The Hall–Kier alpha value is -3.56. The summed E-state index contributed by atoms with van der Waals surface area (Å²) in [5.74, 6) is -0.0306. The molecule has 37 heavy (non-hydrogen) atoms. The molecule has 0 bridgehead atoms. The van der Waals surface area contributed by atoms with Crippen LogP contribution in [0.3, 0.4) is 0 Å². The molecule has 1 aromatic carbocycles. The van der Waals surface area contributed by atoms with Gasteiger partial charge in [-0.15, -0.1) is 11.3 Å². The molecule has 0 radical (unpaired) electrons. The molecule has 5 rings (SSSR count). The minimum absolute atomic E-state index is 0.0306. The number of benzene rings is 1. The molecule has 1 aliphatic rings. The van der Waals surface area contributed by atoms with Crippen molar-refractivity contribution in [2.45, 2.75) is 45.7 Å². The third kappa shape index (κ3) is 5.01. The number of thiocarbonyl (C=S) groups is 1. The van der Waals surface area contributed by atoms with E-state index in [0.717, 1.165) is 45.4 Å². The standard InChI is InChI=1S/C28H30N6OS2/c1-4-20-9-5-6-10-22(20)31-24(35)12-15-33-26(25(32-27(33)36)23-11-7-8-13-29-23)21-17-18(2)34(19(21)3)28-30-14-16-37-28/h5-11,13-14,16-17,25-26H,4,12,15H2,1-3H3,(H,31,35)(H,32,36)/t25-,26+/m1/s1. The zero-order valence-electron chi connectivity index (χ0n) is 21.1. The lowest BCUT2D eigenvalue weighted by atomic mass is 9.96. The molecule has 2 atom stereocenters. The summed E-state index contributed by atoms with van der Waals surface area (Å²) in [6, 6.07) is 15.8. The Bertz CT molecular complexity index is 1400. The van der Waals surface area contributed by atoms with Gasteiger partial charge in [0.15, 0.2) is 10.2 Å². The molecule has 1 aliphatic heterocycles. The molecule has 0 unspecified atom stereocenters. The Balaban J connectivity index is 1.44. The molecule has 0 spiro atoms. The molecule has 9 heteroatoms. The highest BCUT2D eigenvalue weighted by molar-refractivity contribution is 7.80. The van der Waals surface area contributed by atoms with Gasteiger partial charge in [0.1, 0.15) is 0 Å². The molecule has 4 aromatic rings. The summed E-state index contributed by atoms with van der Waals surface area (Å²) in [5, 5.41) is 10.1. The van der Waals surface area contributed by atoms with E-state index in [0.29, 0.717) is 18.1 Å². The van der Waals surface area contributed by atoms with Crippen molar-refractivity contribution in [1.29, 1.82) is 0 Å². The number of amides is 1. The van der Waals surface area contributed by atoms with Gasteiger partial charge in [-0.25, -0.2) is 4.98 Å². The highest BCUT2D eigenvalue weighted by atomic mass is 32.1. The van der Waals surface area contributed by atoms with Crippen molar-refractivity contribution in [3.8, 4) is 5.13 Å². The number of carbonyl (C=O) groups is 1. The molecule has 4 heterocycles. The van der Waals surface area contributed by atoms with Gasteiger partial charge in [0, 0.05) is 47.8 Å². The van der Waals surface area contributed by atoms with E-state index in [4.69, 9.17) is 12.2 Å². The smallest absolute Gasteiger partial charge is 0.226 e. The topological polar surface area (TPSA) is 75.1 Å². The second kappa shape index (κ2) is 10.8. The van der Waals surface area contributed by atoms with E-state index in [2.05, 4.69) is 56.9 Å². The van der Waals surface area contributed by atoms with Crippen LogP contribution in [0.4, 0.5) is 5.69 Å². The molecule has 1 fully saturated rings. The maximum atomic E-state index is 13.0. The van der Waals surface area contributed by atoms with Crippen LogP contribution in [-0.2, 0) is 11.2 Å². The van der Waals surface area contributed by atoms with Crippen molar-refractivity contribution >= 4 is 40.3 Å². The summed E-state index contributed by atoms with van der Waals surface area (Å²) in [6.07, 6.45) is 4.80. The van der Waals surface area contributed by atoms with E-state index in [9.17, 15) is 4.79 Å². The average Bonchev–Trinajstić information content (AvgIpc) is 3.61. The van der Waals surface area contributed by atoms with Gasteiger partial charge in [-0.1, -0.05) is 31.2 Å². The number of pyridine rings is 1. The maximum Gasteiger partial charge on any atom is 0.226 e. The average molecular weight is 531 g/mol. The second-order valence-electron chi connectivity index (χ2n) is 9.11. The summed E-state index contributed by atoms with van der Waals surface area (Å²) in [4.78, 5) is 24.3. The van der Waals surface area contributed by atoms with E-state index in [1.807, 2.05) is 54.0 Å². The Morgan fingerprint density at radius 1 is 1.14 bits per heavy atom. The fourth-order valence-electron chi connectivity index (χ4n) is 5.08. The SMILES string of the molecule is CCc1ccccc1NC(=O)CCN1C(=S)N[C@H](c2ccccn2)[C@@H]1c1cc(C)n(-c2nccs2)c1C. The summed E-state index contributed by atoms with van der Waals surface area (Å²) >= 11 is 7.43. The van der Waals surface area contributed by atoms with Crippen LogP contribution in [0.1, 0.15) is 53.6 Å². The maximum absolute atomic E-state index is 13.0. The van der Waals surface area contributed by atoms with Crippen molar-refractivity contribution in [3.05, 3.63) is 94.5 Å². The first-order valence-electron chi connectivity index (χ1n) is 12.4. The first-order valence-corrected chi connectivity index (χ1v) is 13.7. The van der Waals surface area contributed by atoms with Crippen molar-refractivity contribution in [2.24, 2.45) is 0 Å². The predicted molar refractivity (Wildman–Crippen MR) is 152 cm³/mol. The van der Waals surface area contributed by atoms with Crippen LogP contribution in [0.2, 0.25) is 0 Å². The molecule has 190 valence electrons. The number of para-hydroxylation sites is 1. The van der Waals surface area contributed by atoms with Crippen molar-refractivity contribution in [1.82, 2.24) is 24.8 Å². The van der Waals surface area contributed by atoms with Gasteiger partial charge >= 0.3 is 0 Å². The van der Waals surface area contributed by atoms with Crippen LogP contribution >= 0.6 is 23.6 Å². The van der Waals surface area contributed by atoms with Gasteiger partial charge < -0.3 is 15.5 Å². The lowest BCUT2D eigenvalue weighted by Gasteiger charge is -2.28. The molecule has 7 nitrogen and oxygen atoms in total. The number of hydrogen-bond acceptors (Lipinski definition) is 5. The third-order valence-electron chi connectivity index (χ3n) is 6.85. The molecule has 3 aromatic heterocycles. The Kier molecular flexibility index (Phi) is 7.34. The predicted octanol–water partition coefficient (Wildman–Crippen LogP) is 5.51. The van der Waals surface area contributed by atoms with Crippen molar-refractivity contribution < 1.29 is 4.79 Å². The molecular formula is C28H30N6OS2. The van der Waals surface area contributed by atoms with Crippen LogP contribution < -0.4 is 10.6 Å². The zero-order valence-corrected chi connectivity index (χ0v) is 22.8. The summed E-state index contributed by atoms with van der Waals surface area (Å²) < 4.78 is 2.18. The molecule has 1 amide bonds. The summed E-state index contributed by atoms with van der Waals surface area (Å²) in [5.41, 5.74) is 6.26. The number of nitrogens with one attached hydrogen (secondary N) is 2. The lowest BCUT2D eigenvalue weighted by molar-refractivity contribution is -0.116. The quantitative estimate of drug-likeness (QED) is 0.293. The largest absolute Gasteiger partial charge is 0.352 e. The molecule has 0 aliphatic carbocycles. The molecule has 2 N–H and O–H groups in total. The van der Waals surface area contributed by atoms with Gasteiger partial charge in [-0.2, -0.15) is 0 Å². The van der Waals surface area contributed by atoms with E-state index in [1.54, 1.807) is 17.5 Å². The van der Waals surface area contributed by atoms with Gasteiger partial charge in [0.25, 0.3) is 0 Å². The first kappa shape index (κ1) is 25.1. The third-order valence-corrected chi connectivity index (χ3v) is 7.96. The van der Waals surface area contributed by atoms with Crippen molar-refractivity contribution in [2.75, 3.05) is 11.9 Å². The Morgan fingerprint density at radius 2 is 1.95 bits per heavy atom. The normalized spacial score (nSPS) is 17.2. The monoisotopic (exact) mass is 530 g/mol. The highest BCUT2D eigenvalue weighted by Gasteiger charge is 2.41. The molecular weight excluding hydrogens is 500 g/mol. The number of nitrogens with zero attached hydrogens (tertiary/aromatic N) is 4. The number of hydrogen-bond donors (Lipinski definition) is 2. The number of aromatic nitrogens is 3. The lowest BCUT2D eigenvalue weighted by Crippen LogP contribution is -2.33. The van der Waals surface area contributed by atoms with Gasteiger partial charge in [0.05, 0.1) is 17.8 Å². The fourth-order valence-corrected chi connectivity index (χ4v) is 6.16. The zero-order chi connectivity index (χ0) is 25.9. The number of aryl methyl sites for hydroxylation is 2. The molecule has 1 saturated heterocycles. The Labute approximate surface area is 226 Å². The number of thiazole rings is 1. The van der Waals surface area contributed by atoms with Crippen LogP contribution in [0.25, 0.3) is 5.13 Å². The number of carbonyl (C=O) groups excluding carboxylic acids is 1. The van der Waals surface area contributed by atoms with Gasteiger partial charge in [0.2, 0.25) is 5.91 Å². The van der Waals surface area contributed by atoms with E-state index < -0.39 is 0 Å². The molecule has 0 saturated carbocycles. The number of anilines is 1. The minimum atomic E-state index is -0.136. The van der Waals surface area contributed by atoms with Gasteiger partial charge in [-0.05, 0) is 67.9 Å². The Morgan fingerprint density at radius 3 is 2.68 bits per heavy atom. The first-order chi connectivity index (χ1) is 18.0. The summed E-state index contributed by atoms with van der Waals surface area (Å²) in [6.45, 7) is 6.79. The van der Waals surface area contributed by atoms with Crippen molar-refractivity contribution in [3.63, 3.8) is 0 Å². The highest BCUT2D eigenvalue weighted by Crippen LogP contribution is 2.41. The van der Waals surface area contributed by atoms with Crippen LogP contribution in [0.5, 0.6) is 0 Å². The van der Waals surface area contributed by atoms with E-state index in [1.165, 1.54) is 0 Å². The van der Waals surface area contributed by atoms with E-state index in [-0.39, 0.29) is 18.0 Å². The second-order valence-corrected chi connectivity index (χ2v) is 10.4. The van der Waals surface area contributed by atoms with Gasteiger partial charge in [-0.3, -0.25) is 14.3 Å².